The molecule has 3 aromatic rings. The molecule has 0 aliphatic rings. The number of amides is 1. The maximum atomic E-state index is 12.4. The SMILES string of the molecule is CCC(c1nnc(SCC(=O)Nc2cccnc2Cl)n1Cc1ccccc1)N(C)C. The Kier molecular flexibility index (Phi) is 7.84. The van der Waals surface area contributed by atoms with Crippen LogP contribution in [-0.4, -0.2) is 50.4 Å². The van der Waals surface area contributed by atoms with Gasteiger partial charge in [-0.05, 0) is 38.2 Å². The molecular weight excluding hydrogens is 420 g/mol. The van der Waals surface area contributed by atoms with Gasteiger partial charge in [-0.2, -0.15) is 0 Å². The smallest absolute Gasteiger partial charge is 0.234 e. The Morgan fingerprint density at radius 1 is 1.20 bits per heavy atom. The van der Waals surface area contributed by atoms with Crippen LogP contribution < -0.4 is 5.32 Å². The molecule has 1 atom stereocenters. The molecule has 2 heterocycles. The third kappa shape index (κ3) is 5.59. The largest absolute Gasteiger partial charge is 0.323 e. The van der Waals surface area contributed by atoms with Crippen molar-refractivity contribution in [1.82, 2.24) is 24.6 Å². The summed E-state index contributed by atoms with van der Waals surface area (Å²) in [5.74, 6) is 0.909. The summed E-state index contributed by atoms with van der Waals surface area (Å²) in [5, 5.41) is 12.6. The normalized spacial score (nSPS) is 12.2. The van der Waals surface area contributed by atoms with Crippen LogP contribution in [0.15, 0.2) is 53.8 Å². The maximum absolute atomic E-state index is 12.4. The van der Waals surface area contributed by atoms with Gasteiger partial charge in [0.25, 0.3) is 0 Å². The minimum Gasteiger partial charge on any atom is -0.323 e. The van der Waals surface area contributed by atoms with E-state index < -0.39 is 0 Å². The molecule has 0 saturated heterocycles. The molecule has 1 unspecified atom stereocenters. The Morgan fingerprint density at radius 2 is 1.97 bits per heavy atom. The van der Waals surface area contributed by atoms with E-state index in [-0.39, 0.29) is 22.9 Å². The van der Waals surface area contributed by atoms with Gasteiger partial charge in [-0.3, -0.25) is 9.69 Å². The highest BCUT2D eigenvalue weighted by Crippen LogP contribution is 2.26. The fourth-order valence-corrected chi connectivity index (χ4v) is 4.05. The number of aromatic nitrogens is 4. The third-order valence-electron chi connectivity index (χ3n) is 4.60. The van der Waals surface area contributed by atoms with Gasteiger partial charge in [0, 0.05) is 6.20 Å². The first-order valence-corrected chi connectivity index (χ1v) is 11.0. The van der Waals surface area contributed by atoms with Gasteiger partial charge in [-0.1, -0.05) is 60.6 Å². The molecule has 1 aromatic carbocycles. The van der Waals surface area contributed by atoms with E-state index in [2.05, 4.69) is 49.0 Å². The van der Waals surface area contributed by atoms with Crippen LogP contribution in [0.5, 0.6) is 0 Å². The number of thioether (sulfide) groups is 1. The lowest BCUT2D eigenvalue weighted by atomic mass is 10.2. The topological polar surface area (TPSA) is 75.9 Å². The number of nitrogens with zero attached hydrogens (tertiary/aromatic N) is 5. The van der Waals surface area contributed by atoms with Gasteiger partial charge in [0.05, 0.1) is 24.0 Å². The number of hydrogen-bond donors (Lipinski definition) is 1. The van der Waals surface area contributed by atoms with Crippen molar-refractivity contribution in [3.05, 3.63) is 65.2 Å². The Morgan fingerprint density at radius 3 is 2.63 bits per heavy atom. The van der Waals surface area contributed by atoms with E-state index in [0.29, 0.717) is 17.4 Å². The lowest BCUT2D eigenvalue weighted by Crippen LogP contribution is -2.23. The molecule has 1 N–H and O–H groups in total. The van der Waals surface area contributed by atoms with E-state index in [1.54, 1.807) is 18.3 Å². The van der Waals surface area contributed by atoms with E-state index in [1.807, 2.05) is 32.3 Å². The molecule has 30 heavy (non-hydrogen) atoms. The van der Waals surface area contributed by atoms with Crippen molar-refractivity contribution in [2.24, 2.45) is 0 Å². The molecule has 158 valence electrons. The molecule has 3 rings (SSSR count). The highest BCUT2D eigenvalue weighted by molar-refractivity contribution is 7.99. The monoisotopic (exact) mass is 444 g/mol. The average Bonchev–Trinajstić information content (AvgIpc) is 3.11. The fourth-order valence-electron chi connectivity index (χ4n) is 3.14. The molecule has 1 amide bonds. The Balaban J connectivity index is 1.78. The van der Waals surface area contributed by atoms with Crippen LogP contribution in [0.25, 0.3) is 0 Å². The fraction of sp³-hybridized carbons (Fsp3) is 0.333. The van der Waals surface area contributed by atoms with E-state index in [9.17, 15) is 4.79 Å². The van der Waals surface area contributed by atoms with Crippen LogP contribution in [0.4, 0.5) is 5.69 Å². The second-order valence-corrected chi connectivity index (χ2v) is 8.28. The number of hydrogen-bond acceptors (Lipinski definition) is 6. The molecule has 0 aliphatic carbocycles. The Hall–Kier alpha value is -2.42. The van der Waals surface area contributed by atoms with Crippen molar-refractivity contribution in [3.63, 3.8) is 0 Å². The van der Waals surface area contributed by atoms with Crippen LogP contribution in [0.3, 0.4) is 0 Å². The van der Waals surface area contributed by atoms with Gasteiger partial charge in [-0.15, -0.1) is 10.2 Å². The van der Waals surface area contributed by atoms with Crippen LogP contribution in [0, 0.1) is 0 Å². The van der Waals surface area contributed by atoms with Gasteiger partial charge < -0.3 is 9.88 Å². The van der Waals surface area contributed by atoms with Crippen LogP contribution >= 0.6 is 23.4 Å². The quantitative estimate of drug-likeness (QED) is 0.395. The van der Waals surface area contributed by atoms with Gasteiger partial charge in [-0.25, -0.2) is 4.98 Å². The third-order valence-corrected chi connectivity index (χ3v) is 5.87. The molecule has 0 radical (unpaired) electrons. The molecule has 7 nitrogen and oxygen atoms in total. The Labute approximate surface area is 185 Å². The van der Waals surface area contributed by atoms with Gasteiger partial charge in [0.2, 0.25) is 5.91 Å². The molecule has 2 aromatic heterocycles. The first-order valence-electron chi connectivity index (χ1n) is 9.66. The number of halogens is 1. The second kappa shape index (κ2) is 10.6. The number of rotatable bonds is 9. The van der Waals surface area contributed by atoms with Gasteiger partial charge in [0.1, 0.15) is 0 Å². The standard InChI is InChI=1S/C21H25ClN6OS/c1-4-17(27(2)3)20-25-26-21(28(20)13-15-9-6-5-7-10-15)30-14-18(29)24-16-11-8-12-23-19(16)22/h5-12,17H,4,13-14H2,1-3H3,(H,24,29). The van der Waals surface area contributed by atoms with Crippen LogP contribution in [-0.2, 0) is 11.3 Å². The summed E-state index contributed by atoms with van der Waals surface area (Å²) in [6, 6.07) is 13.8. The van der Waals surface area contributed by atoms with Crippen molar-refractivity contribution in [1.29, 1.82) is 0 Å². The Bertz CT molecular complexity index is 979. The van der Waals surface area contributed by atoms with Crippen LogP contribution in [0.2, 0.25) is 5.15 Å². The van der Waals surface area contributed by atoms with Crippen molar-refractivity contribution < 1.29 is 4.79 Å². The molecule has 0 aliphatic heterocycles. The molecule has 0 bridgehead atoms. The second-order valence-electron chi connectivity index (χ2n) is 6.98. The van der Waals surface area contributed by atoms with E-state index in [1.165, 1.54) is 11.8 Å². The summed E-state index contributed by atoms with van der Waals surface area (Å²) in [5.41, 5.74) is 1.65. The summed E-state index contributed by atoms with van der Waals surface area (Å²) in [4.78, 5) is 18.5. The number of carbonyl (C=O) groups is 1. The first kappa shape index (κ1) is 22.3. The number of nitrogens with one attached hydrogen (secondary N) is 1. The van der Waals surface area contributed by atoms with Crippen molar-refractivity contribution in [2.45, 2.75) is 31.1 Å². The number of pyridine rings is 1. The molecular formula is C21H25ClN6OS. The van der Waals surface area contributed by atoms with Crippen molar-refractivity contribution in [3.8, 4) is 0 Å². The first-order chi connectivity index (χ1) is 14.5. The zero-order valence-electron chi connectivity index (χ0n) is 17.2. The predicted octanol–water partition coefficient (Wildman–Crippen LogP) is 4.12. The average molecular weight is 445 g/mol. The summed E-state index contributed by atoms with van der Waals surface area (Å²) < 4.78 is 2.10. The minimum atomic E-state index is -0.176. The molecule has 9 heteroatoms. The summed E-state index contributed by atoms with van der Waals surface area (Å²) in [6.07, 6.45) is 2.49. The lowest BCUT2D eigenvalue weighted by Gasteiger charge is -2.23. The van der Waals surface area contributed by atoms with Gasteiger partial charge >= 0.3 is 0 Å². The van der Waals surface area contributed by atoms with Crippen molar-refractivity contribution >= 4 is 35.0 Å². The molecule has 0 fully saturated rings. The van der Waals surface area contributed by atoms with E-state index in [4.69, 9.17) is 11.6 Å². The molecule has 0 spiro atoms. The molecule has 0 saturated carbocycles. The zero-order valence-corrected chi connectivity index (χ0v) is 18.8. The van der Waals surface area contributed by atoms with E-state index in [0.717, 1.165) is 17.8 Å². The maximum Gasteiger partial charge on any atom is 0.234 e. The summed E-state index contributed by atoms with van der Waals surface area (Å²) >= 11 is 7.38. The number of carbonyl (C=O) groups excluding carboxylic acids is 1. The highest BCUT2D eigenvalue weighted by atomic mass is 35.5. The summed E-state index contributed by atoms with van der Waals surface area (Å²) in [6.45, 7) is 2.77. The predicted molar refractivity (Wildman–Crippen MR) is 121 cm³/mol. The van der Waals surface area contributed by atoms with Crippen molar-refractivity contribution in [2.75, 3.05) is 25.2 Å². The number of anilines is 1. The highest BCUT2D eigenvalue weighted by Gasteiger charge is 2.22. The van der Waals surface area contributed by atoms with Gasteiger partial charge in [0.15, 0.2) is 16.1 Å². The lowest BCUT2D eigenvalue weighted by molar-refractivity contribution is -0.113. The zero-order chi connectivity index (χ0) is 21.5. The number of benzene rings is 1. The van der Waals surface area contributed by atoms with Crippen LogP contribution in [0.1, 0.15) is 30.8 Å². The summed E-state index contributed by atoms with van der Waals surface area (Å²) in [7, 11) is 4.07. The minimum absolute atomic E-state index is 0.138. The van der Waals surface area contributed by atoms with E-state index >= 15 is 0 Å².